The average Bonchev–Trinajstić information content (AvgIpc) is 3.09. The number of aliphatic hydroxyl groups is 1. The summed E-state index contributed by atoms with van der Waals surface area (Å²) < 4.78 is 32.8. The molecule has 1 aliphatic heterocycles. The minimum atomic E-state index is -0.988. The lowest BCUT2D eigenvalue weighted by Crippen LogP contribution is -2.42. The summed E-state index contributed by atoms with van der Waals surface area (Å²) in [5, 5.41) is 12.6. The summed E-state index contributed by atoms with van der Waals surface area (Å²) in [7, 11) is 0. The van der Waals surface area contributed by atoms with Crippen molar-refractivity contribution in [3.63, 3.8) is 0 Å². The molecule has 2 N–H and O–H groups in total. The van der Waals surface area contributed by atoms with Gasteiger partial charge in [0.1, 0.15) is 5.75 Å². The highest BCUT2D eigenvalue weighted by molar-refractivity contribution is 5.79. The van der Waals surface area contributed by atoms with Crippen LogP contribution in [-0.2, 0) is 17.6 Å². The first kappa shape index (κ1) is 17.9. The van der Waals surface area contributed by atoms with E-state index in [0.717, 1.165) is 29.4 Å². The molecule has 1 saturated carbocycles. The van der Waals surface area contributed by atoms with E-state index in [9.17, 15) is 18.7 Å². The zero-order chi connectivity index (χ0) is 19.0. The van der Waals surface area contributed by atoms with E-state index in [1.54, 1.807) is 0 Å². The maximum absolute atomic E-state index is 13.9. The molecule has 0 radical (unpaired) electrons. The molecule has 1 fully saturated rings. The molecule has 4 rings (SSSR count). The Kier molecular flexibility index (Phi) is 4.83. The van der Waals surface area contributed by atoms with Crippen LogP contribution in [0.5, 0.6) is 5.75 Å². The molecule has 0 unspecified atom stereocenters. The van der Waals surface area contributed by atoms with Gasteiger partial charge in [-0.1, -0.05) is 18.2 Å². The van der Waals surface area contributed by atoms with Crippen molar-refractivity contribution in [2.75, 3.05) is 6.61 Å². The van der Waals surface area contributed by atoms with Gasteiger partial charge in [-0.2, -0.15) is 0 Å². The van der Waals surface area contributed by atoms with E-state index in [1.165, 1.54) is 12.1 Å². The number of carbonyl (C=O) groups excluding carboxylic acids is 1. The minimum Gasteiger partial charge on any atom is -0.493 e. The number of halogens is 2. The molecule has 1 heterocycles. The van der Waals surface area contributed by atoms with E-state index in [1.807, 2.05) is 18.2 Å². The molecule has 0 spiro atoms. The predicted molar refractivity (Wildman–Crippen MR) is 95.3 cm³/mol. The molecule has 27 heavy (non-hydrogen) atoms. The van der Waals surface area contributed by atoms with Crippen LogP contribution in [0.4, 0.5) is 8.78 Å². The second kappa shape index (κ2) is 7.27. The molecule has 4 nitrogen and oxygen atoms in total. The Balaban J connectivity index is 1.53. The van der Waals surface area contributed by atoms with Crippen LogP contribution in [0.3, 0.4) is 0 Å². The molecule has 0 saturated heterocycles. The Morgan fingerprint density at radius 1 is 1.26 bits per heavy atom. The van der Waals surface area contributed by atoms with Crippen molar-refractivity contribution < 1.29 is 23.4 Å². The molecule has 2 aromatic carbocycles. The second-order valence-electron chi connectivity index (χ2n) is 7.29. The van der Waals surface area contributed by atoms with Crippen molar-refractivity contribution in [3.05, 3.63) is 64.7 Å². The fourth-order valence-electron chi connectivity index (χ4n) is 3.86. The van der Waals surface area contributed by atoms with Gasteiger partial charge in [0.25, 0.3) is 0 Å². The van der Waals surface area contributed by atoms with Gasteiger partial charge in [0, 0.05) is 12.0 Å². The molecule has 142 valence electrons. The van der Waals surface area contributed by atoms with Crippen molar-refractivity contribution in [2.45, 2.75) is 37.8 Å². The zero-order valence-corrected chi connectivity index (χ0v) is 14.8. The Morgan fingerprint density at radius 2 is 2.07 bits per heavy atom. The van der Waals surface area contributed by atoms with Crippen molar-refractivity contribution in [3.8, 4) is 5.75 Å². The van der Waals surface area contributed by atoms with Gasteiger partial charge in [-0.05, 0) is 48.1 Å². The van der Waals surface area contributed by atoms with Crippen molar-refractivity contribution >= 4 is 5.91 Å². The van der Waals surface area contributed by atoms with E-state index in [0.29, 0.717) is 19.4 Å². The second-order valence-corrected chi connectivity index (χ2v) is 7.29. The smallest absolute Gasteiger partial charge is 0.225 e. The number of aliphatic hydroxyl groups excluding tert-OH is 1. The molecular formula is C21H21F2NO3. The third-order valence-corrected chi connectivity index (χ3v) is 5.39. The monoisotopic (exact) mass is 373 g/mol. The van der Waals surface area contributed by atoms with E-state index in [-0.39, 0.29) is 36.0 Å². The van der Waals surface area contributed by atoms with Gasteiger partial charge in [-0.15, -0.1) is 0 Å². The number of carbonyl (C=O) groups is 1. The summed E-state index contributed by atoms with van der Waals surface area (Å²) in [5.74, 6) is -1.35. The highest BCUT2D eigenvalue weighted by Gasteiger charge is 2.36. The van der Waals surface area contributed by atoms with Crippen LogP contribution in [0, 0.1) is 17.6 Å². The molecule has 1 atom stereocenters. The number of hydrogen-bond acceptors (Lipinski definition) is 3. The first-order valence-corrected chi connectivity index (χ1v) is 9.17. The summed E-state index contributed by atoms with van der Waals surface area (Å²) in [5.41, 5.74) is 2.08. The zero-order valence-electron chi connectivity index (χ0n) is 14.8. The van der Waals surface area contributed by atoms with E-state index in [4.69, 9.17) is 4.74 Å². The van der Waals surface area contributed by atoms with Crippen molar-refractivity contribution in [2.24, 2.45) is 5.92 Å². The number of rotatable bonds is 5. The van der Waals surface area contributed by atoms with Crippen LogP contribution in [0.15, 0.2) is 36.4 Å². The number of ether oxygens (including phenoxy) is 1. The third-order valence-electron chi connectivity index (χ3n) is 5.39. The molecule has 0 aromatic heterocycles. The number of hydrogen-bond donors (Lipinski definition) is 2. The van der Waals surface area contributed by atoms with E-state index in [2.05, 4.69) is 5.32 Å². The van der Waals surface area contributed by atoms with Crippen molar-refractivity contribution in [1.29, 1.82) is 0 Å². The summed E-state index contributed by atoms with van der Waals surface area (Å²) in [4.78, 5) is 12.5. The maximum Gasteiger partial charge on any atom is 0.225 e. The topological polar surface area (TPSA) is 58.6 Å². The molecule has 2 aliphatic rings. The summed E-state index contributed by atoms with van der Waals surface area (Å²) in [6.07, 6.45) is 1.45. The van der Waals surface area contributed by atoms with Crippen LogP contribution in [0.1, 0.15) is 35.6 Å². The predicted octanol–water partition coefficient (Wildman–Crippen LogP) is 3.07. The summed E-state index contributed by atoms with van der Waals surface area (Å²) in [6.45, 7) is 0.650. The van der Waals surface area contributed by atoms with E-state index >= 15 is 0 Å². The first-order chi connectivity index (χ1) is 13.0. The largest absolute Gasteiger partial charge is 0.493 e. The average molecular weight is 373 g/mol. The normalized spacial score (nSPS) is 21.7. The molecule has 1 amide bonds. The SMILES string of the molecule is O=C(Cc1cccc(F)c1F)N[C@@H](c1ccc2c(c1)CCO2)C1CC(O)C1. The van der Waals surface area contributed by atoms with Gasteiger partial charge in [0.05, 0.1) is 25.2 Å². The molecule has 2 aromatic rings. The summed E-state index contributed by atoms with van der Waals surface area (Å²) >= 11 is 0. The molecule has 0 bridgehead atoms. The van der Waals surface area contributed by atoms with Crippen LogP contribution >= 0.6 is 0 Å². The van der Waals surface area contributed by atoms with Crippen LogP contribution in [-0.4, -0.2) is 23.7 Å². The molecule has 1 aliphatic carbocycles. The standard InChI is InChI=1S/C21H21F2NO3/c22-17-3-1-2-13(20(17)23)11-19(26)24-21(15-9-16(25)10-15)14-4-5-18-12(8-14)6-7-27-18/h1-5,8,15-16,21,25H,6-7,9-11H2,(H,24,26)/t15?,16?,21-/m0/s1. The molecule has 6 heteroatoms. The van der Waals surface area contributed by atoms with Gasteiger partial charge < -0.3 is 15.2 Å². The van der Waals surface area contributed by atoms with Gasteiger partial charge in [-0.25, -0.2) is 8.78 Å². The fraction of sp³-hybridized carbons (Fsp3) is 0.381. The number of nitrogens with one attached hydrogen (secondary N) is 1. The lowest BCUT2D eigenvalue weighted by atomic mass is 9.74. The Morgan fingerprint density at radius 3 is 2.85 bits per heavy atom. The lowest BCUT2D eigenvalue weighted by molar-refractivity contribution is -0.122. The minimum absolute atomic E-state index is 0.0299. The lowest BCUT2D eigenvalue weighted by Gasteiger charge is -2.38. The number of fused-ring (bicyclic) bond motifs is 1. The Labute approximate surface area is 156 Å². The third kappa shape index (κ3) is 3.67. The van der Waals surface area contributed by atoms with Crippen LogP contribution < -0.4 is 10.1 Å². The Bertz CT molecular complexity index is 865. The fourth-order valence-corrected chi connectivity index (χ4v) is 3.86. The Hall–Kier alpha value is -2.47. The van der Waals surface area contributed by atoms with Crippen molar-refractivity contribution in [1.82, 2.24) is 5.32 Å². The maximum atomic E-state index is 13.9. The highest BCUT2D eigenvalue weighted by Crippen LogP contribution is 2.39. The first-order valence-electron chi connectivity index (χ1n) is 9.17. The van der Waals surface area contributed by atoms with Crippen LogP contribution in [0.2, 0.25) is 0 Å². The quantitative estimate of drug-likeness (QED) is 0.847. The van der Waals surface area contributed by atoms with E-state index < -0.39 is 11.6 Å². The number of benzene rings is 2. The van der Waals surface area contributed by atoms with Gasteiger partial charge >= 0.3 is 0 Å². The van der Waals surface area contributed by atoms with Gasteiger partial charge in [0.15, 0.2) is 11.6 Å². The highest BCUT2D eigenvalue weighted by atomic mass is 19.2. The van der Waals surface area contributed by atoms with Crippen LogP contribution in [0.25, 0.3) is 0 Å². The van der Waals surface area contributed by atoms with Gasteiger partial charge in [0.2, 0.25) is 5.91 Å². The molecular weight excluding hydrogens is 352 g/mol. The van der Waals surface area contributed by atoms with Gasteiger partial charge in [-0.3, -0.25) is 4.79 Å². The number of amides is 1. The summed E-state index contributed by atoms with van der Waals surface area (Å²) in [6, 6.07) is 9.40.